The molecule has 1 atom stereocenters. The van der Waals surface area contributed by atoms with Crippen LogP contribution >= 0.6 is 27.5 Å². The summed E-state index contributed by atoms with van der Waals surface area (Å²) in [5, 5.41) is 5.71. The molecule has 0 bridgehead atoms. The summed E-state index contributed by atoms with van der Waals surface area (Å²) in [6.45, 7) is 3.97. The second kappa shape index (κ2) is 6.75. The third-order valence-corrected chi connectivity index (χ3v) is 3.19. The van der Waals surface area contributed by atoms with E-state index in [2.05, 4.69) is 26.6 Å². The van der Waals surface area contributed by atoms with Gasteiger partial charge in [0.2, 0.25) is 5.91 Å². The molecule has 6 heteroatoms. The molecule has 0 saturated carbocycles. The van der Waals surface area contributed by atoms with Crippen molar-refractivity contribution in [3.8, 4) is 0 Å². The van der Waals surface area contributed by atoms with Crippen LogP contribution < -0.4 is 10.6 Å². The fourth-order valence-corrected chi connectivity index (χ4v) is 1.94. The predicted octanol–water partition coefficient (Wildman–Crippen LogP) is 2.36. The highest BCUT2D eigenvalue weighted by molar-refractivity contribution is 9.10. The second-order valence-electron chi connectivity index (χ2n) is 3.71. The molecule has 0 spiro atoms. The standard InChI is InChI=1S/C12H14BrClN2O2/c1-3-15-11(17)7(2)16-12(18)9-6-8(14)4-5-10(9)13/h4-7H,3H2,1-2H3,(H,15,17)(H,16,18). The lowest BCUT2D eigenvalue weighted by molar-refractivity contribution is -0.122. The number of nitrogens with one attached hydrogen (secondary N) is 2. The van der Waals surface area contributed by atoms with Gasteiger partial charge in [-0.25, -0.2) is 0 Å². The zero-order valence-electron chi connectivity index (χ0n) is 10.1. The van der Waals surface area contributed by atoms with Crippen molar-refractivity contribution < 1.29 is 9.59 Å². The number of carbonyl (C=O) groups excluding carboxylic acids is 2. The van der Waals surface area contributed by atoms with Gasteiger partial charge in [-0.15, -0.1) is 0 Å². The van der Waals surface area contributed by atoms with E-state index in [0.29, 0.717) is 21.6 Å². The molecule has 1 unspecified atom stereocenters. The van der Waals surface area contributed by atoms with Crippen LogP contribution in [0.3, 0.4) is 0 Å². The fraction of sp³-hybridized carbons (Fsp3) is 0.333. The van der Waals surface area contributed by atoms with Crippen LogP contribution in [0.2, 0.25) is 5.02 Å². The first-order chi connectivity index (χ1) is 8.45. The van der Waals surface area contributed by atoms with Crippen molar-refractivity contribution in [2.75, 3.05) is 6.54 Å². The largest absolute Gasteiger partial charge is 0.355 e. The van der Waals surface area contributed by atoms with Crippen molar-refractivity contribution in [3.05, 3.63) is 33.3 Å². The summed E-state index contributed by atoms with van der Waals surface area (Å²) in [5.74, 6) is -0.563. The molecular weight excluding hydrogens is 320 g/mol. The van der Waals surface area contributed by atoms with Gasteiger partial charge in [0.05, 0.1) is 5.56 Å². The molecule has 0 fully saturated rings. The van der Waals surface area contributed by atoms with Crippen molar-refractivity contribution in [2.45, 2.75) is 19.9 Å². The summed E-state index contributed by atoms with van der Waals surface area (Å²) in [4.78, 5) is 23.5. The van der Waals surface area contributed by atoms with Gasteiger partial charge in [-0.05, 0) is 48.0 Å². The van der Waals surface area contributed by atoms with Gasteiger partial charge in [-0.3, -0.25) is 9.59 Å². The van der Waals surface area contributed by atoms with Crippen LogP contribution in [0.4, 0.5) is 0 Å². The first-order valence-electron chi connectivity index (χ1n) is 5.49. The first kappa shape index (κ1) is 15.0. The maximum Gasteiger partial charge on any atom is 0.253 e. The Morgan fingerprint density at radius 2 is 2.11 bits per heavy atom. The number of carbonyl (C=O) groups is 2. The van der Waals surface area contributed by atoms with Gasteiger partial charge >= 0.3 is 0 Å². The van der Waals surface area contributed by atoms with Gasteiger partial charge in [0.25, 0.3) is 5.91 Å². The zero-order chi connectivity index (χ0) is 13.7. The van der Waals surface area contributed by atoms with Crippen molar-refractivity contribution in [3.63, 3.8) is 0 Å². The molecule has 0 radical (unpaired) electrons. The van der Waals surface area contributed by atoms with E-state index in [1.165, 1.54) is 0 Å². The van der Waals surface area contributed by atoms with E-state index in [4.69, 9.17) is 11.6 Å². The Morgan fingerprint density at radius 1 is 1.44 bits per heavy atom. The van der Waals surface area contributed by atoms with Crippen LogP contribution in [0.25, 0.3) is 0 Å². The molecule has 98 valence electrons. The summed E-state index contributed by atoms with van der Waals surface area (Å²) in [6, 6.07) is 4.32. The molecule has 1 aromatic carbocycles. The smallest absolute Gasteiger partial charge is 0.253 e. The molecule has 1 rings (SSSR count). The first-order valence-corrected chi connectivity index (χ1v) is 6.66. The van der Waals surface area contributed by atoms with E-state index >= 15 is 0 Å². The van der Waals surface area contributed by atoms with E-state index in [1.54, 1.807) is 25.1 Å². The lowest BCUT2D eigenvalue weighted by Gasteiger charge is -2.14. The average Bonchev–Trinajstić information content (AvgIpc) is 2.32. The Bertz CT molecular complexity index is 465. The fourth-order valence-electron chi connectivity index (χ4n) is 1.34. The number of rotatable bonds is 4. The van der Waals surface area contributed by atoms with Gasteiger partial charge in [0.1, 0.15) is 6.04 Å². The molecule has 0 aliphatic heterocycles. The molecule has 2 N–H and O–H groups in total. The summed E-state index contributed by atoms with van der Waals surface area (Å²) in [7, 11) is 0. The number of benzene rings is 1. The quantitative estimate of drug-likeness (QED) is 0.888. The molecule has 0 saturated heterocycles. The monoisotopic (exact) mass is 332 g/mol. The summed E-state index contributed by atoms with van der Waals surface area (Å²) in [5.41, 5.74) is 0.402. The van der Waals surface area contributed by atoms with Gasteiger partial charge < -0.3 is 10.6 Å². The normalized spacial score (nSPS) is 11.8. The predicted molar refractivity (Wildman–Crippen MR) is 74.8 cm³/mol. The third-order valence-electron chi connectivity index (χ3n) is 2.26. The lowest BCUT2D eigenvalue weighted by Crippen LogP contribution is -2.44. The van der Waals surface area contributed by atoms with Crippen LogP contribution in [0.1, 0.15) is 24.2 Å². The van der Waals surface area contributed by atoms with E-state index < -0.39 is 6.04 Å². The minimum Gasteiger partial charge on any atom is -0.355 e. The number of likely N-dealkylation sites (N-methyl/N-ethyl adjacent to an activating group) is 1. The van der Waals surface area contributed by atoms with E-state index in [0.717, 1.165) is 0 Å². The molecule has 0 aliphatic rings. The number of halogens is 2. The number of hydrogen-bond donors (Lipinski definition) is 2. The molecule has 0 aliphatic carbocycles. The molecule has 0 aromatic heterocycles. The Hall–Kier alpha value is -1.07. The van der Waals surface area contributed by atoms with Gasteiger partial charge in [0.15, 0.2) is 0 Å². The Balaban J connectivity index is 2.76. The van der Waals surface area contributed by atoms with Crippen LogP contribution in [-0.4, -0.2) is 24.4 Å². The number of amides is 2. The Morgan fingerprint density at radius 3 is 2.72 bits per heavy atom. The molecule has 1 aromatic rings. The highest BCUT2D eigenvalue weighted by Gasteiger charge is 2.17. The van der Waals surface area contributed by atoms with E-state index in [1.807, 2.05) is 6.92 Å². The van der Waals surface area contributed by atoms with Crippen LogP contribution in [-0.2, 0) is 4.79 Å². The second-order valence-corrected chi connectivity index (χ2v) is 5.00. The maximum atomic E-state index is 12.0. The van der Waals surface area contributed by atoms with Crippen molar-refractivity contribution in [1.29, 1.82) is 0 Å². The summed E-state index contributed by atoms with van der Waals surface area (Å²) >= 11 is 9.10. The molecule has 4 nitrogen and oxygen atoms in total. The molecule has 2 amide bonds. The summed E-state index contributed by atoms with van der Waals surface area (Å²) in [6.07, 6.45) is 0. The Kier molecular flexibility index (Phi) is 5.62. The van der Waals surface area contributed by atoms with Crippen LogP contribution in [0.15, 0.2) is 22.7 Å². The minimum absolute atomic E-state index is 0.219. The van der Waals surface area contributed by atoms with Crippen molar-refractivity contribution >= 4 is 39.3 Å². The molecular formula is C12H14BrClN2O2. The van der Waals surface area contributed by atoms with Gasteiger partial charge in [-0.1, -0.05) is 11.6 Å². The average molecular weight is 334 g/mol. The highest BCUT2D eigenvalue weighted by Crippen LogP contribution is 2.21. The van der Waals surface area contributed by atoms with Crippen molar-refractivity contribution in [2.24, 2.45) is 0 Å². The van der Waals surface area contributed by atoms with E-state index in [-0.39, 0.29) is 11.8 Å². The van der Waals surface area contributed by atoms with Crippen LogP contribution in [0.5, 0.6) is 0 Å². The van der Waals surface area contributed by atoms with Crippen molar-refractivity contribution in [1.82, 2.24) is 10.6 Å². The zero-order valence-corrected chi connectivity index (χ0v) is 12.4. The maximum absolute atomic E-state index is 12.0. The molecule has 0 heterocycles. The SMILES string of the molecule is CCNC(=O)C(C)NC(=O)c1cc(Cl)ccc1Br. The van der Waals surface area contributed by atoms with Crippen LogP contribution in [0, 0.1) is 0 Å². The minimum atomic E-state index is -0.594. The number of hydrogen-bond acceptors (Lipinski definition) is 2. The Labute approximate surface area is 119 Å². The highest BCUT2D eigenvalue weighted by atomic mass is 79.9. The van der Waals surface area contributed by atoms with Gasteiger partial charge in [-0.2, -0.15) is 0 Å². The van der Waals surface area contributed by atoms with E-state index in [9.17, 15) is 9.59 Å². The summed E-state index contributed by atoms with van der Waals surface area (Å²) < 4.78 is 0.632. The van der Waals surface area contributed by atoms with Gasteiger partial charge in [0, 0.05) is 16.0 Å². The molecule has 18 heavy (non-hydrogen) atoms. The third kappa shape index (κ3) is 3.99. The topological polar surface area (TPSA) is 58.2 Å². The lowest BCUT2D eigenvalue weighted by atomic mass is 10.2.